The number of fused-ring (bicyclic) bond motifs is 1. The lowest BCUT2D eigenvalue weighted by Gasteiger charge is -2.20. The Kier molecular flexibility index (Phi) is 4.33. The van der Waals surface area contributed by atoms with Crippen LogP contribution < -0.4 is 10.1 Å². The molecule has 1 unspecified atom stereocenters. The van der Waals surface area contributed by atoms with Gasteiger partial charge in [0.1, 0.15) is 5.75 Å². The van der Waals surface area contributed by atoms with E-state index < -0.39 is 0 Å². The highest BCUT2D eigenvalue weighted by molar-refractivity contribution is 14.1. The molecule has 1 aliphatic rings. The summed E-state index contributed by atoms with van der Waals surface area (Å²) < 4.78 is 8.21. The van der Waals surface area contributed by atoms with Crippen LogP contribution in [0.5, 0.6) is 5.75 Å². The zero-order valence-corrected chi connectivity index (χ0v) is 14.9. The van der Waals surface area contributed by atoms with Gasteiger partial charge in [-0.2, -0.15) is 0 Å². The van der Waals surface area contributed by atoms with Crippen molar-refractivity contribution in [1.82, 2.24) is 5.32 Å². The Morgan fingerprint density at radius 3 is 2.70 bits per heavy atom. The normalized spacial score (nSPS) is 14.8. The van der Waals surface area contributed by atoms with Gasteiger partial charge in [0.05, 0.1) is 12.6 Å². The smallest absolute Gasteiger partial charge is 0.127 e. The molecule has 104 valence electrons. The molecule has 1 heterocycles. The minimum atomic E-state index is 0.149. The molecule has 2 nitrogen and oxygen atoms in total. The largest absolute Gasteiger partial charge is 0.493 e. The first-order valence-electron chi connectivity index (χ1n) is 6.57. The van der Waals surface area contributed by atoms with Gasteiger partial charge in [0.25, 0.3) is 0 Å². The predicted octanol–water partition coefficient (Wildman–Crippen LogP) is 4.30. The van der Waals surface area contributed by atoms with Crippen LogP contribution in [0.25, 0.3) is 0 Å². The lowest BCUT2D eigenvalue weighted by atomic mass is 9.96. The molecular weight excluding hydrogens is 429 g/mol. The molecule has 20 heavy (non-hydrogen) atoms. The van der Waals surface area contributed by atoms with E-state index in [1.165, 1.54) is 20.3 Å². The average Bonchev–Trinajstić information content (AvgIpc) is 2.89. The molecule has 0 saturated carbocycles. The van der Waals surface area contributed by atoms with Crippen LogP contribution in [0.4, 0.5) is 0 Å². The lowest BCUT2D eigenvalue weighted by molar-refractivity contribution is 0.351. The van der Waals surface area contributed by atoms with Crippen molar-refractivity contribution in [3.8, 4) is 5.75 Å². The molecule has 2 aromatic rings. The topological polar surface area (TPSA) is 21.3 Å². The van der Waals surface area contributed by atoms with Crippen molar-refractivity contribution < 1.29 is 4.74 Å². The zero-order chi connectivity index (χ0) is 14.1. The monoisotopic (exact) mass is 443 g/mol. The van der Waals surface area contributed by atoms with Gasteiger partial charge in [0.2, 0.25) is 0 Å². The van der Waals surface area contributed by atoms with Crippen molar-refractivity contribution in [3.05, 3.63) is 61.1 Å². The highest BCUT2D eigenvalue weighted by Gasteiger charge is 2.23. The summed E-state index contributed by atoms with van der Waals surface area (Å²) in [5.74, 6) is 1.05. The van der Waals surface area contributed by atoms with Gasteiger partial charge in [-0.1, -0.05) is 28.1 Å². The van der Waals surface area contributed by atoms with Gasteiger partial charge in [-0.3, -0.25) is 0 Å². The number of halogens is 2. The van der Waals surface area contributed by atoms with Gasteiger partial charge in [-0.25, -0.2) is 0 Å². The molecule has 1 atom stereocenters. The van der Waals surface area contributed by atoms with E-state index in [1.807, 2.05) is 7.05 Å². The van der Waals surface area contributed by atoms with E-state index in [0.29, 0.717) is 0 Å². The third kappa shape index (κ3) is 2.73. The van der Waals surface area contributed by atoms with E-state index in [1.54, 1.807) is 0 Å². The molecule has 0 bridgehead atoms. The molecule has 4 heteroatoms. The highest BCUT2D eigenvalue weighted by Crippen LogP contribution is 2.38. The number of hydrogen-bond donors (Lipinski definition) is 1. The van der Waals surface area contributed by atoms with Crippen LogP contribution >= 0.6 is 38.5 Å². The SMILES string of the molecule is CNC(c1ccc(I)cc1)c1cc(Br)cc2c1OCC2. The van der Waals surface area contributed by atoms with Gasteiger partial charge in [0.15, 0.2) is 0 Å². The predicted molar refractivity (Wildman–Crippen MR) is 93.4 cm³/mol. The first-order chi connectivity index (χ1) is 9.69. The molecule has 1 N–H and O–H groups in total. The van der Waals surface area contributed by atoms with Crippen molar-refractivity contribution in [1.29, 1.82) is 0 Å². The Labute approximate surface area is 141 Å². The molecule has 2 aromatic carbocycles. The summed E-state index contributed by atoms with van der Waals surface area (Å²) in [6.45, 7) is 0.780. The molecule has 0 aromatic heterocycles. The van der Waals surface area contributed by atoms with Crippen molar-refractivity contribution in [2.24, 2.45) is 0 Å². The molecular formula is C16H15BrINO. The number of hydrogen-bond acceptors (Lipinski definition) is 2. The average molecular weight is 444 g/mol. The molecule has 0 fully saturated rings. The van der Waals surface area contributed by atoms with E-state index in [9.17, 15) is 0 Å². The maximum absolute atomic E-state index is 5.85. The quantitative estimate of drug-likeness (QED) is 0.714. The van der Waals surface area contributed by atoms with Crippen LogP contribution in [0.1, 0.15) is 22.7 Å². The first-order valence-corrected chi connectivity index (χ1v) is 8.44. The van der Waals surface area contributed by atoms with Gasteiger partial charge in [-0.15, -0.1) is 0 Å². The Hall–Kier alpha value is -0.590. The van der Waals surface area contributed by atoms with Gasteiger partial charge in [-0.05, 0) is 65.0 Å². The standard InChI is InChI=1S/C16H15BrINO/c1-19-15(10-2-4-13(18)5-3-10)14-9-12(17)8-11-6-7-20-16(11)14/h2-5,8-9,15,19H,6-7H2,1H3. The van der Waals surface area contributed by atoms with E-state index in [-0.39, 0.29) is 6.04 Å². The number of rotatable bonds is 3. The van der Waals surface area contributed by atoms with Crippen molar-refractivity contribution >= 4 is 38.5 Å². The van der Waals surface area contributed by atoms with E-state index in [0.717, 1.165) is 23.2 Å². The van der Waals surface area contributed by atoms with Crippen LogP contribution in [-0.4, -0.2) is 13.7 Å². The Morgan fingerprint density at radius 2 is 2.00 bits per heavy atom. The molecule has 1 aliphatic heterocycles. The van der Waals surface area contributed by atoms with Crippen LogP contribution in [0, 0.1) is 3.57 Å². The summed E-state index contributed by atoms with van der Waals surface area (Å²) in [5, 5.41) is 3.41. The summed E-state index contributed by atoms with van der Waals surface area (Å²) in [6.07, 6.45) is 0.991. The minimum Gasteiger partial charge on any atom is -0.493 e. The summed E-state index contributed by atoms with van der Waals surface area (Å²) >= 11 is 5.94. The van der Waals surface area contributed by atoms with Gasteiger partial charge >= 0.3 is 0 Å². The Morgan fingerprint density at radius 1 is 1.25 bits per heavy atom. The summed E-state index contributed by atoms with van der Waals surface area (Å²) in [6, 6.07) is 13.1. The minimum absolute atomic E-state index is 0.149. The fourth-order valence-electron chi connectivity index (χ4n) is 2.67. The van der Waals surface area contributed by atoms with Crippen molar-refractivity contribution in [2.45, 2.75) is 12.5 Å². The molecule has 0 amide bonds. The Balaban J connectivity index is 2.08. The van der Waals surface area contributed by atoms with E-state index in [2.05, 4.69) is 80.2 Å². The third-order valence-corrected chi connectivity index (χ3v) is 4.76. The first kappa shape index (κ1) is 14.4. The van der Waals surface area contributed by atoms with E-state index >= 15 is 0 Å². The van der Waals surface area contributed by atoms with Crippen LogP contribution in [0.15, 0.2) is 40.9 Å². The van der Waals surface area contributed by atoms with Crippen molar-refractivity contribution in [2.75, 3.05) is 13.7 Å². The van der Waals surface area contributed by atoms with Crippen LogP contribution in [0.3, 0.4) is 0 Å². The van der Waals surface area contributed by atoms with E-state index in [4.69, 9.17) is 4.74 Å². The highest BCUT2D eigenvalue weighted by atomic mass is 127. The third-order valence-electron chi connectivity index (χ3n) is 3.58. The molecule has 0 saturated heterocycles. The molecule has 0 spiro atoms. The summed E-state index contributed by atoms with van der Waals surface area (Å²) in [7, 11) is 1.99. The molecule has 0 aliphatic carbocycles. The second-order valence-electron chi connectivity index (χ2n) is 4.85. The fourth-order valence-corrected chi connectivity index (χ4v) is 3.55. The Bertz CT molecular complexity index is 627. The summed E-state index contributed by atoms with van der Waals surface area (Å²) in [4.78, 5) is 0. The lowest BCUT2D eigenvalue weighted by Crippen LogP contribution is -2.18. The number of benzene rings is 2. The summed E-state index contributed by atoms with van der Waals surface area (Å²) in [5.41, 5.74) is 3.75. The molecule has 3 rings (SSSR count). The maximum Gasteiger partial charge on any atom is 0.127 e. The van der Waals surface area contributed by atoms with Crippen molar-refractivity contribution in [3.63, 3.8) is 0 Å². The second-order valence-corrected chi connectivity index (χ2v) is 7.02. The van der Waals surface area contributed by atoms with Crippen LogP contribution in [-0.2, 0) is 6.42 Å². The fraction of sp³-hybridized carbons (Fsp3) is 0.250. The second kappa shape index (κ2) is 6.03. The van der Waals surface area contributed by atoms with Gasteiger partial charge < -0.3 is 10.1 Å². The van der Waals surface area contributed by atoms with Crippen LogP contribution in [0.2, 0.25) is 0 Å². The maximum atomic E-state index is 5.85. The zero-order valence-electron chi connectivity index (χ0n) is 11.1. The number of ether oxygens (including phenoxy) is 1. The number of nitrogens with one attached hydrogen (secondary N) is 1. The van der Waals surface area contributed by atoms with Gasteiger partial charge in [0, 0.05) is 20.0 Å². The molecule has 0 radical (unpaired) electrons.